The van der Waals surface area contributed by atoms with Crippen molar-refractivity contribution in [3.8, 4) is 0 Å². The number of fused-ring (bicyclic) bond motifs is 2. The van der Waals surface area contributed by atoms with Gasteiger partial charge < -0.3 is 41.0 Å². The molecule has 7 N–H and O–H groups in total. The number of carbonyl (C=O) groups excluding carboxylic acids is 5. The number of aliphatic hydroxyl groups excluding tert-OH is 1. The summed E-state index contributed by atoms with van der Waals surface area (Å²) in [6.45, 7) is 7.52. The number of carbonyl (C=O) groups is 5. The number of amides is 3. The predicted octanol–water partition coefficient (Wildman–Crippen LogP) is 2.11. The number of nitrogens with one attached hydrogen (secondary N) is 4. The second-order valence-corrected chi connectivity index (χ2v) is 14.8. The van der Waals surface area contributed by atoms with Crippen molar-refractivity contribution < 1.29 is 47.7 Å². The van der Waals surface area contributed by atoms with Gasteiger partial charge in [0.15, 0.2) is 6.10 Å². The number of nitrogens with zero attached hydrogens (tertiary/aromatic N) is 1. The van der Waals surface area contributed by atoms with Gasteiger partial charge in [-0.2, -0.15) is 4.39 Å². The van der Waals surface area contributed by atoms with Crippen LogP contribution in [0.1, 0.15) is 72.6 Å². The summed E-state index contributed by atoms with van der Waals surface area (Å²) < 4.78 is 31.1. The molecule has 0 fully saturated rings. The van der Waals surface area contributed by atoms with Crippen LogP contribution in [-0.2, 0) is 39.9 Å². The molecule has 1 aromatic rings. The van der Waals surface area contributed by atoms with Gasteiger partial charge >= 0.3 is 11.8 Å². The van der Waals surface area contributed by atoms with Crippen molar-refractivity contribution in [2.24, 2.45) is 17.6 Å². The Balaban J connectivity index is 1.72. The summed E-state index contributed by atoms with van der Waals surface area (Å²) in [6, 6.07) is 0. The molecular formula is C41H57FN6O11. The van der Waals surface area contributed by atoms with E-state index < -0.39 is 71.0 Å². The number of halogens is 1. The van der Waals surface area contributed by atoms with Gasteiger partial charge in [-0.25, -0.2) is 9.59 Å². The van der Waals surface area contributed by atoms with Crippen LogP contribution in [0, 0.1) is 17.7 Å². The van der Waals surface area contributed by atoms with Crippen molar-refractivity contribution in [1.82, 2.24) is 25.5 Å². The summed E-state index contributed by atoms with van der Waals surface area (Å²) in [5, 5.41) is 19.9. The molecule has 6 atom stereocenters. The lowest BCUT2D eigenvalue weighted by molar-refractivity contribution is -0.121. The molecule has 1 aliphatic carbocycles. The fraction of sp³-hybridized carbons (Fsp3) is 0.537. The largest absolute Gasteiger partial charge is 0.439 e. The number of aliphatic hydroxyl groups is 1. The van der Waals surface area contributed by atoms with Crippen LogP contribution in [0.25, 0.3) is 0 Å². The van der Waals surface area contributed by atoms with Crippen molar-refractivity contribution in [3.63, 3.8) is 0 Å². The van der Waals surface area contributed by atoms with Crippen LogP contribution < -0.4 is 32.9 Å². The second kappa shape index (κ2) is 23.2. The highest BCUT2D eigenvalue weighted by Gasteiger charge is 2.33. The molecule has 0 saturated heterocycles. The average Bonchev–Trinajstić information content (AvgIpc) is 3.18. The zero-order valence-electron chi connectivity index (χ0n) is 34.4. The van der Waals surface area contributed by atoms with E-state index in [2.05, 4.69) is 16.0 Å². The first-order chi connectivity index (χ1) is 28.0. The van der Waals surface area contributed by atoms with Gasteiger partial charge in [-0.05, 0) is 51.0 Å². The molecule has 17 nitrogen and oxygen atoms in total. The number of aromatic nitrogens is 2. The molecule has 0 spiro atoms. The molecular weight excluding hydrogens is 771 g/mol. The third-order valence-electron chi connectivity index (χ3n) is 10.1. The van der Waals surface area contributed by atoms with E-state index in [-0.39, 0.29) is 53.8 Å². The van der Waals surface area contributed by atoms with Gasteiger partial charge in [-0.1, -0.05) is 51.0 Å². The summed E-state index contributed by atoms with van der Waals surface area (Å²) in [5.74, 6) is -3.85. The zero-order chi connectivity index (χ0) is 43.8. The smallest absolute Gasteiger partial charge is 0.405 e. The molecule has 59 heavy (non-hydrogen) atoms. The third-order valence-corrected chi connectivity index (χ3v) is 10.1. The number of hydrogen-bond donors (Lipinski definition) is 6. The lowest BCUT2D eigenvalue weighted by Gasteiger charge is -2.30. The number of nitrogens with two attached hydrogens (primary N) is 1. The molecule has 2 bridgehead atoms. The Labute approximate surface area is 342 Å². The number of methoxy groups -OCH3 is 2. The molecule has 1 aromatic heterocycles. The first kappa shape index (κ1) is 47.9. The average molecular weight is 829 g/mol. The number of ketones is 2. The Morgan fingerprint density at radius 1 is 1.03 bits per heavy atom. The van der Waals surface area contributed by atoms with E-state index in [1.807, 2.05) is 11.9 Å². The number of primary amides is 1. The molecule has 0 radical (unpaired) electrons. The van der Waals surface area contributed by atoms with E-state index in [1.165, 1.54) is 33.3 Å². The Bertz CT molecular complexity index is 1980. The van der Waals surface area contributed by atoms with Crippen molar-refractivity contribution in [1.29, 1.82) is 0 Å². The maximum atomic E-state index is 14.0. The number of allylic oxidation sites excluding steroid dienone is 4. The van der Waals surface area contributed by atoms with Gasteiger partial charge in [0.05, 0.1) is 29.8 Å². The second-order valence-electron chi connectivity index (χ2n) is 14.8. The monoisotopic (exact) mass is 828 g/mol. The van der Waals surface area contributed by atoms with Gasteiger partial charge in [0.2, 0.25) is 23.3 Å². The van der Waals surface area contributed by atoms with Crippen molar-refractivity contribution in [3.05, 3.63) is 91.3 Å². The molecule has 324 valence electrons. The number of ether oxygens (including phenoxy) is 3. The van der Waals surface area contributed by atoms with E-state index >= 15 is 0 Å². The Kier molecular flexibility index (Phi) is 18.9. The van der Waals surface area contributed by atoms with Crippen LogP contribution in [0.2, 0.25) is 0 Å². The van der Waals surface area contributed by atoms with Crippen LogP contribution in [0.15, 0.2) is 74.3 Å². The van der Waals surface area contributed by atoms with Crippen molar-refractivity contribution in [2.75, 3.05) is 27.3 Å². The van der Waals surface area contributed by atoms with Gasteiger partial charge in [-0.3, -0.25) is 33.5 Å². The number of aryl methyl sites for hydroxylation is 1. The zero-order valence-corrected chi connectivity index (χ0v) is 34.4. The van der Waals surface area contributed by atoms with Crippen LogP contribution in [0.4, 0.5) is 9.18 Å². The topological polar surface area (TPSA) is 250 Å². The van der Waals surface area contributed by atoms with Gasteiger partial charge in [0.25, 0.3) is 11.5 Å². The minimum absolute atomic E-state index is 0.0837. The summed E-state index contributed by atoms with van der Waals surface area (Å²) >= 11 is 0. The van der Waals surface area contributed by atoms with E-state index in [4.69, 9.17) is 19.9 Å². The summed E-state index contributed by atoms with van der Waals surface area (Å²) in [6.07, 6.45) is 6.74. The Hall–Kier alpha value is -5.46. The SMILES string of the molecule is COC1C=CC=C(C)C(=O)NC2=CC(=O)C(NCCCCCCNC(=O)CCn3cc(F)c(=O)[nH]c3=O)=C(CC(C)CC(OC)C(O)C(C)C=C(C)C1OC(N)=O)C2=O. The molecule has 0 aromatic carbocycles. The Morgan fingerprint density at radius 2 is 1.73 bits per heavy atom. The van der Waals surface area contributed by atoms with E-state index in [9.17, 15) is 43.1 Å². The van der Waals surface area contributed by atoms with Gasteiger partial charge in [0.1, 0.15) is 6.10 Å². The maximum absolute atomic E-state index is 14.0. The van der Waals surface area contributed by atoms with Crippen LogP contribution in [0.5, 0.6) is 0 Å². The van der Waals surface area contributed by atoms with Crippen LogP contribution in [-0.4, -0.2) is 95.9 Å². The van der Waals surface area contributed by atoms with E-state index in [1.54, 1.807) is 26.0 Å². The highest BCUT2D eigenvalue weighted by atomic mass is 19.1. The number of H-pyrrole nitrogens is 1. The fourth-order valence-corrected chi connectivity index (χ4v) is 6.78. The summed E-state index contributed by atoms with van der Waals surface area (Å²) in [7, 11) is 2.88. The first-order valence-corrected chi connectivity index (χ1v) is 19.5. The first-order valence-electron chi connectivity index (χ1n) is 19.5. The van der Waals surface area contributed by atoms with Crippen LogP contribution in [0.3, 0.4) is 0 Å². The normalized spacial score (nSPS) is 23.5. The standard InChI is InChI=1S/C41H57FN6O11/c1-23-18-27-34(45-16-10-8-7-9-15-44-33(50)14-17-48-22-28(42)39(54)47-41(48)56)30(49)21-29(36(27)52)46-38(53)24(2)12-11-13-31(57-5)37(59-40(43)55)26(4)20-25(3)35(51)32(19-23)58-6/h11-13,20-23,25,31-32,35,37,45,51H,7-10,14-19H2,1-6H3,(H2,43,55)(H,44,50)(H,46,53)(H,47,54,56). The maximum Gasteiger partial charge on any atom is 0.405 e. The minimum atomic E-state index is -1.12. The van der Waals surface area contributed by atoms with Gasteiger partial charge in [-0.15, -0.1) is 0 Å². The highest BCUT2D eigenvalue weighted by molar-refractivity contribution is 6.23. The van der Waals surface area contributed by atoms with E-state index in [0.717, 1.165) is 29.7 Å². The summed E-state index contributed by atoms with van der Waals surface area (Å²) in [4.78, 5) is 89.6. The lowest BCUT2D eigenvalue weighted by Crippen LogP contribution is -2.38. The van der Waals surface area contributed by atoms with Gasteiger partial charge in [0, 0.05) is 63.4 Å². The minimum Gasteiger partial charge on any atom is -0.439 e. The molecule has 0 saturated carbocycles. The number of rotatable bonds is 14. The number of unbranched alkanes of at least 4 members (excludes halogenated alkanes) is 3. The number of hydrogen-bond acceptors (Lipinski definition) is 12. The highest BCUT2D eigenvalue weighted by Crippen LogP contribution is 2.29. The predicted molar refractivity (Wildman–Crippen MR) is 215 cm³/mol. The van der Waals surface area contributed by atoms with Crippen molar-refractivity contribution in [2.45, 2.75) is 104 Å². The molecule has 3 rings (SSSR count). The molecule has 18 heteroatoms. The van der Waals surface area contributed by atoms with Crippen LogP contribution >= 0.6 is 0 Å². The molecule has 1 aliphatic heterocycles. The fourth-order valence-electron chi connectivity index (χ4n) is 6.78. The molecule has 2 heterocycles. The number of Topliss-reactive ketones (excluding diaryl/α,β-unsaturated/α-hetero) is 1. The quantitative estimate of drug-likeness (QED) is 0.0897. The number of aromatic amines is 1. The van der Waals surface area contributed by atoms with E-state index in [0.29, 0.717) is 37.9 Å². The summed E-state index contributed by atoms with van der Waals surface area (Å²) in [5.41, 5.74) is 4.35. The molecule has 6 unspecified atom stereocenters. The third kappa shape index (κ3) is 14.4. The van der Waals surface area contributed by atoms with Crippen molar-refractivity contribution >= 4 is 29.5 Å². The Morgan fingerprint density at radius 3 is 2.39 bits per heavy atom. The molecule has 3 amide bonds. The lowest BCUT2D eigenvalue weighted by atomic mass is 9.85. The molecule has 2 aliphatic rings.